The highest BCUT2D eigenvalue weighted by Gasteiger charge is 2.52. The quantitative estimate of drug-likeness (QED) is 0.864. The second-order valence-corrected chi connectivity index (χ2v) is 7.67. The first-order valence-electron chi connectivity index (χ1n) is 8.59. The van der Waals surface area contributed by atoms with E-state index in [1.807, 2.05) is 11.8 Å². The third kappa shape index (κ3) is 3.09. The van der Waals surface area contributed by atoms with Crippen molar-refractivity contribution in [3.63, 3.8) is 0 Å². The third-order valence-corrected chi connectivity index (χ3v) is 5.80. The SMILES string of the molecule is CC1CCC(CCN2CC(=O)NC(C)(C3CC3)C2=O)CC1. The van der Waals surface area contributed by atoms with E-state index in [1.165, 1.54) is 25.7 Å². The highest BCUT2D eigenvalue weighted by Crippen LogP contribution is 2.41. The normalized spacial score (nSPS) is 37.5. The zero-order chi connectivity index (χ0) is 15.0. The smallest absolute Gasteiger partial charge is 0.248 e. The van der Waals surface area contributed by atoms with Gasteiger partial charge in [0.2, 0.25) is 11.8 Å². The number of carbonyl (C=O) groups excluding carboxylic acids is 2. The van der Waals surface area contributed by atoms with Crippen molar-refractivity contribution in [2.45, 2.75) is 64.3 Å². The van der Waals surface area contributed by atoms with E-state index in [0.717, 1.165) is 37.6 Å². The lowest BCUT2D eigenvalue weighted by atomic mass is 9.81. The minimum atomic E-state index is -0.629. The Morgan fingerprint density at radius 3 is 2.43 bits per heavy atom. The van der Waals surface area contributed by atoms with Crippen molar-refractivity contribution in [2.24, 2.45) is 17.8 Å². The van der Waals surface area contributed by atoms with Gasteiger partial charge in [0, 0.05) is 6.54 Å². The van der Waals surface area contributed by atoms with Crippen LogP contribution < -0.4 is 5.32 Å². The summed E-state index contributed by atoms with van der Waals surface area (Å²) < 4.78 is 0. The van der Waals surface area contributed by atoms with Crippen LogP contribution in [0.3, 0.4) is 0 Å². The Morgan fingerprint density at radius 1 is 1.14 bits per heavy atom. The van der Waals surface area contributed by atoms with Crippen LogP contribution in [0, 0.1) is 17.8 Å². The van der Waals surface area contributed by atoms with Crippen molar-refractivity contribution in [2.75, 3.05) is 13.1 Å². The van der Waals surface area contributed by atoms with Crippen molar-refractivity contribution in [1.82, 2.24) is 10.2 Å². The zero-order valence-corrected chi connectivity index (χ0v) is 13.4. The molecular weight excluding hydrogens is 264 g/mol. The average molecular weight is 292 g/mol. The Labute approximate surface area is 127 Å². The third-order valence-electron chi connectivity index (χ3n) is 5.80. The lowest BCUT2D eigenvalue weighted by Gasteiger charge is -2.40. The van der Waals surface area contributed by atoms with Crippen LogP contribution >= 0.6 is 0 Å². The number of rotatable bonds is 4. The van der Waals surface area contributed by atoms with Gasteiger partial charge in [0.25, 0.3) is 0 Å². The Hall–Kier alpha value is -1.06. The molecule has 1 aliphatic heterocycles. The molecule has 0 bridgehead atoms. The summed E-state index contributed by atoms with van der Waals surface area (Å²) in [5.74, 6) is 2.12. The van der Waals surface area contributed by atoms with Gasteiger partial charge < -0.3 is 10.2 Å². The standard InChI is InChI=1S/C17H28N2O2/c1-12-3-5-13(6-4-12)9-10-19-11-15(20)18-17(2,16(19)21)14-7-8-14/h12-14H,3-11H2,1-2H3,(H,18,20). The van der Waals surface area contributed by atoms with Crippen LogP contribution in [0.4, 0.5) is 0 Å². The summed E-state index contributed by atoms with van der Waals surface area (Å²) >= 11 is 0. The number of hydrogen-bond donors (Lipinski definition) is 1. The molecule has 3 rings (SSSR count). The molecule has 4 nitrogen and oxygen atoms in total. The summed E-state index contributed by atoms with van der Waals surface area (Å²) in [6.45, 7) is 5.26. The molecule has 2 amide bonds. The molecule has 4 heteroatoms. The molecule has 0 aromatic rings. The van der Waals surface area contributed by atoms with Gasteiger partial charge in [0.15, 0.2) is 0 Å². The first kappa shape index (κ1) is 14.9. The molecule has 3 aliphatic rings. The molecule has 1 N–H and O–H groups in total. The van der Waals surface area contributed by atoms with E-state index in [0.29, 0.717) is 5.92 Å². The number of piperazine rings is 1. The van der Waals surface area contributed by atoms with E-state index in [4.69, 9.17) is 0 Å². The van der Waals surface area contributed by atoms with Gasteiger partial charge in [-0.1, -0.05) is 32.6 Å². The first-order chi connectivity index (χ1) is 9.99. The van der Waals surface area contributed by atoms with Crippen LogP contribution in [0.15, 0.2) is 0 Å². The number of hydrogen-bond acceptors (Lipinski definition) is 2. The second-order valence-electron chi connectivity index (χ2n) is 7.67. The molecule has 1 saturated heterocycles. The van der Waals surface area contributed by atoms with Crippen molar-refractivity contribution < 1.29 is 9.59 Å². The van der Waals surface area contributed by atoms with E-state index < -0.39 is 5.54 Å². The maximum absolute atomic E-state index is 12.7. The average Bonchev–Trinajstić information content (AvgIpc) is 3.28. The molecule has 0 aromatic heterocycles. The van der Waals surface area contributed by atoms with E-state index in [2.05, 4.69) is 12.2 Å². The summed E-state index contributed by atoms with van der Waals surface area (Å²) in [6.07, 6.45) is 8.41. The minimum absolute atomic E-state index is 0.0151. The van der Waals surface area contributed by atoms with Gasteiger partial charge >= 0.3 is 0 Å². The fourth-order valence-electron chi connectivity index (χ4n) is 4.03. The zero-order valence-electron chi connectivity index (χ0n) is 13.4. The van der Waals surface area contributed by atoms with Gasteiger partial charge in [-0.25, -0.2) is 0 Å². The van der Waals surface area contributed by atoms with Gasteiger partial charge in [-0.2, -0.15) is 0 Å². The topological polar surface area (TPSA) is 49.4 Å². The van der Waals surface area contributed by atoms with Gasteiger partial charge in [0.1, 0.15) is 5.54 Å². The van der Waals surface area contributed by atoms with Crippen LogP contribution in [0.25, 0.3) is 0 Å². The molecule has 0 aromatic carbocycles. The fraction of sp³-hybridized carbons (Fsp3) is 0.882. The molecule has 0 spiro atoms. The van der Waals surface area contributed by atoms with Crippen molar-refractivity contribution in [3.05, 3.63) is 0 Å². The molecule has 21 heavy (non-hydrogen) atoms. The Morgan fingerprint density at radius 2 is 1.81 bits per heavy atom. The largest absolute Gasteiger partial charge is 0.340 e. The van der Waals surface area contributed by atoms with Crippen molar-refractivity contribution >= 4 is 11.8 Å². The molecule has 3 fully saturated rings. The Balaban J connectivity index is 1.56. The molecule has 1 heterocycles. The Kier molecular flexibility index (Phi) is 3.98. The molecule has 2 saturated carbocycles. The van der Waals surface area contributed by atoms with Crippen LogP contribution in [-0.4, -0.2) is 35.3 Å². The molecule has 2 aliphatic carbocycles. The van der Waals surface area contributed by atoms with Crippen molar-refractivity contribution in [1.29, 1.82) is 0 Å². The molecule has 1 unspecified atom stereocenters. The minimum Gasteiger partial charge on any atom is -0.340 e. The van der Waals surface area contributed by atoms with Crippen LogP contribution in [0.1, 0.15) is 58.8 Å². The maximum atomic E-state index is 12.7. The summed E-state index contributed by atoms with van der Waals surface area (Å²) in [5, 5.41) is 2.95. The van der Waals surface area contributed by atoms with Gasteiger partial charge in [0.05, 0.1) is 6.54 Å². The number of carbonyl (C=O) groups is 2. The molecule has 1 atom stereocenters. The van der Waals surface area contributed by atoms with E-state index >= 15 is 0 Å². The van der Waals surface area contributed by atoms with E-state index in [1.54, 1.807) is 0 Å². The van der Waals surface area contributed by atoms with E-state index in [9.17, 15) is 9.59 Å². The Bertz CT molecular complexity index is 425. The summed E-state index contributed by atoms with van der Waals surface area (Å²) in [7, 11) is 0. The number of amides is 2. The number of nitrogens with one attached hydrogen (secondary N) is 1. The second kappa shape index (κ2) is 5.62. The lowest BCUT2D eigenvalue weighted by Crippen LogP contribution is -2.66. The maximum Gasteiger partial charge on any atom is 0.248 e. The van der Waals surface area contributed by atoms with E-state index in [-0.39, 0.29) is 18.4 Å². The van der Waals surface area contributed by atoms with Crippen LogP contribution in [0.2, 0.25) is 0 Å². The van der Waals surface area contributed by atoms with Crippen LogP contribution in [-0.2, 0) is 9.59 Å². The predicted octanol–water partition coefficient (Wildman–Crippen LogP) is 2.33. The number of nitrogens with zero attached hydrogens (tertiary/aromatic N) is 1. The van der Waals surface area contributed by atoms with Gasteiger partial charge in [-0.3, -0.25) is 9.59 Å². The first-order valence-corrected chi connectivity index (χ1v) is 8.59. The summed E-state index contributed by atoms with van der Waals surface area (Å²) in [6, 6.07) is 0. The summed E-state index contributed by atoms with van der Waals surface area (Å²) in [5.41, 5.74) is -0.629. The van der Waals surface area contributed by atoms with Gasteiger partial charge in [-0.05, 0) is 43.9 Å². The highest BCUT2D eigenvalue weighted by molar-refractivity contribution is 5.98. The highest BCUT2D eigenvalue weighted by atomic mass is 16.2. The van der Waals surface area contributed by atoms with Crippen molar-refractivity contribution in [3.8, 4) is 0 Å². The predicted molar refractivity (Wildman–Crippen MR) is 81.6 cm³/mol. The fourth-order valence-corrected chi connectivity index (χ4v) is 4.03. The van der Waals surface area contributed by atoms with Gasteiger partial charge in [-0.15, -0.1) is 0 Å². The molecule has 0 radical (unpaired) electrons. The van der Waals surface area contributed by atoms with Crippen LogP contribution in [0.5, 0.6) is 0 Å². The molecule has 118 valence electrons. The molecular formula is C17H28N2O2. The lowest BCUT2D eigenvalue weighted by molar-refractivity contribution is -0.150. The summed E-state index contributed by atoms with van der Waals surface area (Å²) in [4.78, 5) is 26.5. The monoisotopic (exact) mass is 292 g/mol.